The van der Waals surface area contributed by atoms with Crippen LogP contribution in [0.25, 0.3) is 0 Å². The van der Waals surface area contributed by atoms with Gasteiger partial charge in [-0.2, -0.15) is 0 Å². The van der Waals surface area contributed by atoms with Crippen molar-refractivity contribution >= 4 is 21.8 Å². The molecular weight excluding hydrogens is 364 g/mol. The molecule has 3 atom stereocenters. The molecule has 23 heavy (non-hydrogen) atoms. The van der Waals surface area contributed by atoms with Crippen molar-refractivity contribution < 1.29 is 19.0 Å². The highest BCUT2D eigenvalue weighted by molar-refractivity contribution is 9.10. The molecule has 2 aliphatic heterocycles. The molecule has 126 valence electrons. The van der Waals surface area contributed by atoms with E-state index in [1.165, 1.54) is 0 Å². The van der Waals surface area contributed by atoms with Crippen molar-refractivity contribution in [1.82, 2.24) is 5.32 Å². The third-order valence-electron chi connectivity index (χ3n) is 4.15. The predicted octanol–water partition coefficient (Wildman–Crippen LogP) is 1.90. The molecular formula is C16H21BrN2O4. The van der Waals surface area contributed by atoms with Gasteiger partial charge in [0.15, 0.2) is 11.5 Å². The van der Waals surface area contributed by atoms with Gasteiger partial charge in [0, 0.05) is 11.0 Å². The SMILES string of the molecule is CC(NC(=O)[C@@H]1CC[C@H](CN)O1)c1cc2c(cc1Br)OCCO2. The number of amides is 1. The van der Waals surface area contributed by atoms with Crippen molar-refractivity contribution in [3.8, 4) is 11.5 Å². The number of fused-ring (bicyclic) bond motifs is 1. The van der Waals surface area contributed by atoms with Crippen LogP contribution in [0.3, 0.4) is 0 Å². The summed E-state index contributed by atoms with van der Waals surface area (Å²) in [4.78, 5) is 12.3. The average Bonchev–Trinajstić information content (AvgIpc) is 3.03. The molecule has 0 spiro atoms. The van der Waals surface area contributed by atoms with Gasteiger partial charge < -0.3 is 25.3 Å². The summed E-state index contributed by atoms with van der Waals surface area (Å²) in [6.07, 6.45) is 1.11. The minimum Gasteiger partial charge on any atom is -0.486 e. The molecule has 2 aliphatic rings. The Morgan fingerprint density at radius 2 is 2.04 bits per heavy atom. The van der Waals surface area contributed by atoms with Gasteiger partial charge in [0.1, 0.15) is 19.3 Å². The number of rotatable bonds is 4. The Labute approximate surface area is 143 Å². The maximum Gasteiger partial charge on any atom is 0.249 e. The molecule has 1 aromatic carbocycles. The zero-order valence-corrected chi connectivity index (χ0v) is 14.6. The molecule has 1 amide bonds. The Morgan fingerprint density at radius 1 is 1.35 bits per heavy atom. The van der Waals surface area contributed by atoms with Crippen LogP contribution in [-0.4, -0.2) is 37.9 Å². The lowest BCUT2D eigenvalue weighted by atomic mass is 10.1. The zero-order valence-electron chi connectivity index (χ0n) is 13.0. The van der Waals surface area contributed by atoms with Crippen molar-refractivity contribution in [3.05, 3.63) is 22.2 Å². The largest absolute Gasteiger partial charge is 0.486 e. The summed E-state index contributed by atoms with van der Waals surface area (Å²) in [7, 11) is 0. The summed E-state index contributed by atoms with van der Waals surface area (Å²) >= 11 is 3.54. The van der Waals surface area contributed by atoms with Crippen LogP contribution in [0.5, 0.6) is 11.5 Å². The lowest BCUT2D eigenvalue weighted by molar-refractivity contribution is -0.132. The Morgan fingerprint density at radius 3 is 2.70 bits per heavy atom. The van der Waals surface area contributed by atoms with Gasteiger partial charge in [-0.25, -0.2) is 0 Å². The molecule has 1 unspecified atom stereocenters. The summed E-state index contributed by atoms with van der Waals surface area (Å²) in [6.45, 7) is 3.47. The molecule has 7 heteroatoms. The number of hydrogen-bond acceptors (Lipinski definition) is 5. The maximum atomic E-state index is 12.3. The van der Waals surface area contributed by atoms with E-state index in [1.54, 1.807) is 0 Å². The third-order valence-corrected chi connectivity index (χ3v) is 4.84. The quantitative estimate of drug-likeness (QED) is 0.828. The predicted molar refractivity (Wildman–Crippen MR) is 88.6 cm³/mol. The fraction of sp³-hybridized carbons (Fsp3) is 0.562. The first-order chi connectivity index (χ1) is 11.1. The smallest absolute Gasteiger partial charge is 0.249 e. The molecule has 1 saturated heterocycles. The molecule has 6 nitrogen and oxygen atoms in total. The Bertz CT molecular complexity index is 596. The molecule has 1 fully saturated rings. The molecule has 0 aliphatic carbocycles. The number of benzene rings is 1. The van der Waals surface area contributed by atoms with Crippen molar-refractivity contribution in [3.63, 3.8) is 0 Å². The van der Waals surface area contributed by atoms with E-state index in [-0.39, 0.29) is 18.1 Å². The average molecular weight is 385 g/mol. The molecule has 1 aromatic rings. The molecule has 0 saturated carbocycles. The normalized spacial score (nSPS) is 24.3. The molecule has 2 heterocycles. The summed E-state index contributed by atoms with van der Waals surface area (Å²) in [5.74, 6) is 1.32. The van der Waals surface area contributed by atoms with Crippen LogP contribution >= 0.6 is 15.9 Å². The van der Waals surface area contributed by atoms with E-state index in [4.69, 9.17) is 19.9 Å². The minimum absolute atomic E-state index is 0.0120. The number of nitrogens with one attached hydrogen (secondary N) is 1. The Balaban J connectivity index is 1.68. The van der Waals surface area contributed by atoms with Crippen LogP contribution in [-0.2, 0) is 9.53 Å². The second kappa shape index (κ2) is 7.07. The molecule has 0 aromatic heterocycles. The van der Waals surface area contributed by atoms with Crippen molar-refractivity contribution in [1.29, 1.82) is 0 Å². The van der Waals surface area contributed by atoms with Crippen LogP contribution in [0.15, 0.2) is 16.6 Å². The monoisotopic (exact) mass is 384 g/mol. The summed E-state index contributed by atoms with van der Waals surface area (Å²) in [5.41, 5.74) is 6.53. The first-order valence-corrected chi connectivity index (χ1v) is 8.62. The fourth-order valence-corrected chi connectivity index (χ4v) is 3.53. The highest BCUT2D eigenvalue weighted by Gasteiger charge is 2.31. The van der Waals surface area contributed by atoms with Crippen LogP contribution in [0.4, 0.5) is 0 Å². The van der Waals surface area contributed by atoms with Crippen LogP contribution < -0.4 is 20.5 Å². The second-order valence-corrected chi connectivity index (χ2v) is 6.66. The van der Waals surface area contributed by atoms with Gasteiger partial charge in [-0.15, -0.1) is 0 Å². The summed E-state index contributed by atoms with van der Waals surface area (Å²) < 4.78 is 17.7. The maximum absolute atomic E-state index is 12.3. The van der Waals surface area contributed by atoms with Crippen molar-refractivity contribution in [2.75, 3.05) is 19.8 Å². The van der Waals surface area contributed by atoms with Gasteiger partial charge >= 0.3 is 0 Å². The Hall–Kier alpha value is -1.31. The van der Waals surface area contributed by atoms with E-state index < -0.39 is 6.10 Å². The number of halogens is 1. The number of hydrogen-bond donors (Lipinski definition) is 2. The summed E-state index contributed by atoms with van der Waals surface area (Å²) in [5, 5.41) is 3.00. The lowest BCUT2D eigenvalue weighted by Crippen LogP contribution is -2.37. The van der Waals surface area contributed by atoms with Gasteiger partial charge in [-0.1, -0.05) is 15.9 Å². The van der Waals surface area contributed by atoms with Gasteiger partial charge in [-0.05, 0) is 37.5 Å². The van der Waals surface area contributed by atoms with Gasteiger partial charge in [0.25, 0.3) is 0 Å². The van der Waals surface area contributed by atoms with Gasteiger partial charge in [-0.3, -0.25) is 4.79 Å². The van der Waals surface area contributed by atoms with E-state index >= 15 is 0 Å². The highest BCUT2D eigenvalue weighted by Crippen LogP contribution is 2.37. The number of carbonyl (C=O) groups is 1. The van der Waals surface area contributed by atoms with E-state index in [0.717, 1.165) is 22.2 Å². The first-order valence-electron chi connectivity index (χ1n) is 7.83. The van der Waals surface area contributed by atoms with E-state index in [0.29, 0.717) is 31.9 Å². The first kappa shape index (κ1) is 16.5. The highest BCUT2D eigenvalue weighted by atomic mass is 79.9. The van der Waals surface area contributed by atoms with E-state index in [2.05, 4.69) is 21.2 Å². The number of carbonyl (C=O) groups excluding carboxylic acids is 1. The molecule has 3 N–H and O–H groups in total. The number of ether oxygens (including phenoxy) is 3. The second-order valence-electron chi connectivity index (χ2n) is 5.81. The van der Waals surface area contributed by atoms with Gasteiger partial charge in [0.05, 0.1) is 12.1 Å². The van der Waals surface area contributed by atoms with Crippen molar-refractivity contribution in [2.45, 2.75) is 38.0 Å². The molecule has 0 radical (unpaired) electrons. The van der Waals surface area contributed by atoms with Crippen LogP contribution in [0.1, 0.15) is 31.4 Å². The molecule has 3 rings (SSSR count). The topological polar surface area (TPSA) is 82.8 Å². The zero-order chi connectivity index (χ0) is 16.4. The van der Waals surface area contributed by atoms with Gasteiger partial charge in [0.2, 0.25) is 5.91 Å². The minimum atomic E-state index is -0.415. The standard InChI is InChI=1S/C16H21BrN2O4/c1-9(19-16(20)13-3-2-10(8-18)23-13)11-6-14-15(7-12(11)17)22-5-4-21-14/h6-7,9-10,13H,2-5,8,18H2,1H3,(H,19,20)/t9?,10-,13+/m1/s1. The molecule has 0 bridgehead atoms. The van der Waals surface area contributed by atoms with Crippen molar-refractivity contribution in [2.24, 2.45) is 5.73 Å². The van der Waals surface area contributed by atoms with E-state index in [1.807, 2.05) is 19.1 Å². The number of nitrogens with two attached hydrogens (primary N) is 1. The summed E-state index contributed by atoms with van der Waals surface area (Å²) in [6, 6.07) is 3.61. The van der Waals surface area contributed by atoms with Crippen LogP contribution in [0.2, 0.25) is 0 Å². The fourth-order valence-electron chi connectivity index (χ4n) is 2.87. The van der Waals surface area contributed by atoms with Crippen LogP contribution in [0, 0.1) is 0 Å². The Kier molecular flexibility index (Phi) is 5.08. The van der Waals surface area contributed by atoms with E-state index in [9.17, 15) is 4.79 Å². The third kappa shape index (κ3) is 3.62. The lowest BCUT2D eigenvalue weighted by Gasteiger charge is -2.23.